The maximum Gasteiger partial charge on any atom is 0.255 e. The van der Waals surface area contributed by atoms with Crippen LogP contribution in [0.5, 0.6) is 5.75 Å². The lowest BCUT2D eigenvalue weighted by Gasteiger charge is -2.12. The number of anilines is 1. The number of benzene rings is 3. The molecule has 0 spiro atoms. The average Bonchev–Trinajstić information content (AvgIpc) is 2.73. The van der Waals surface area contributed by atoms with Gasteiger partial charge in [0.2, 0.25) is 0 Å². The van der Waals surface area contributed by atoms with Crippen molar-refractivity contribution in [1.82, 2.24) is 5.32 Å². The zero-order valence-corrected chi connectivity index (χ0v) is 15.9. The van der Waals surface area contributed by atoms with Gasteiger partial charge in [-0.3, -0.25) is 9.59 Å². The van der Waals surface area contributed by atoms with Crippen LogP contribution in [-0.2, 0) is 6.54 Å². The van der Waals surface area contributed by atoms with E-state index in [-0.39, 0.29) is 11.8 Å². The van der Waals surface area contributed by atoms with Crippen LogP contribution in [0.1, 0.15) is 31.8 Å². The molecule has 0 aliphatic heterocycles. The molecule has 0 aromatic heterocycles. The summed E-state index contributed by atoms with van der Waals surface area (Å²) in [6.45, 7) is 2.36. The Morgan fingerprint density at radius 2 is 1.57 bits per heavy atom. The second-order valence-corrected chi connectivity index (χ2v) is 6.41. The first-order valence-corrected chi connectivity index (χ1v) is 8.95. The third-order valence-electron chi connectivity index (χ3n) is 4.29. The van der Waals surface area contributed by atoms with Gasteiger partial charge in [0.1, 0.15) is 5.75 Å². The molecule has 0 aliphatic carbocycles. The van der Waals surface area contributed by atoms with Crippen LogP contribution in [0.15, 0.2) is 72.8 Å². The maximum atomic E-state index is 12.6. The fourth-order valence-electron chi connectivity index (χ4n) is 2.80. The Kier molecular flexibility index (Phi) is 6.07. The van der Waals surface area contributed by atoms with E-state index >= 15 is 0 Å². The van der Waals surface area contributed by atoms with Crippen molar-refractivity contribution in [3.05, 3.63) is 95.1 Å². The predicted octanol–water partition coefficient (Wildman–Crippen LogP) is 4.19. The molecule has 5 nitrogen and oxygen atoms in total. The van der Waals surface area contributed by atoms with Gasteiger partial charge < -0.3 is 15.4 Å². The van der Waals surface area contributed by atoms with Crippen LogP contribution < -0.4 is 15.4 Å². The summed E-state index contributed by atoms with van der Waals surface area (Å²) in [4.78, 5) is 25.1. The van der Waals surface area contributed by atoms with Crippen molar-refractivity contribution in [2.24, 2.45) is 0 Å². The lowest BCUT2D eigenvalue weighted by molar-refractivity contribution is 0.0951. The second kappa shape index (κ2) is 8.86. The minimum Gasteiger partial charge on any atom is -0.495 e. The standard InChI is InChI=1S/C23H22N2O3/c1-16-11-12-21(28-2)20(13-16)25-23(27)19-10-6-9-18(14-19)22(26)24-15-17-7-4-3-5-8-17/h3-14H,15H2,1-2H3,(H,24,26)(H,25,27). The predicted molar refractivity (Wildman–Crippen MR) is 110 cm³/mol. The molecule has 0 fully saturated rings. The summed E-state index contributed by atoms with van der Waals surface area (Å²) in [6, 6.07) is 21.8. The van der Waals surface area contributed by atoms with Gasteiger partial charge in [0.15, 0.2) is 0 Å². The minimum absolute atomic E-state index is 0.230. The van der Waals surface area contributed by atoms with Gasteiger partial charge >= 0.3 is 0 Å². The van der Waals surface area contributed by atoms with E-state index in [0.29, 0.717) is 29.1 Å². The van der Waals surface area contributed by atoms with Crippen molar-refractivity contribution in [3.63, 3.8) is 0 Å². The number of hydrogen-bond acceptors (Lipinski definition) is 3. The largest absolute Gasteiger partial charge is 0.495 e. The molecule has 3 aromatic rings. The van der Waals surface area contributed by atoms with Gasteiger partial charge in [-0.2, -0.15) is 0 Å². The first-order chi connectivity index (χ1) is 13.6. The third-order valence-corrected chi connectivity index (χ3v) is 4.29. The van der Waals surface area contributed by atoms with Crippen molar-refractivity contribution in [3.8, 4) is 5.75 Å². The van der Waals surface area contributed by atoms with E-state index in [9.17, 15) is 9.59 Å². The van der Waals surface area contributed by atoms with Gasteiger partial charge in [0, 0.05) is 17.7 Å². The fraction of sp³-hybridized carbons (Fsp3) is 0.130. The summed E-state index contributed by atoms with van der Waals surface area (Å²) in [6.07, 6.45) is 0. The Hall–Kier alpha value is -3.60. The van der Waals surface area contributed by atoms with E-state index in [4.69, 9.17) is 4.74 Å². The van der Waals surface area contributed by atoms with Gasteiger partial charge in [-0.25, -0.2) is 0 Å². The highest BCUT2D eigenvalue weighted by Gasteiger charge is 2.13. The number of hydrogen-bond donors (Lipinski definition) is 2. The van der Waals surface area contributed by atoms with Gasteiger partial charge in [-0.05, 0) is 48.4 Å². The lowest BCUT2D eigenvalue weighted by atomic mass is 10.1. The quantitative estimate of drug-likeness (QED) is 0.680. The molecular formula is C23H22N2O3. The minimum atomic E-state index is -0.304. The molecule has 2 amide bonds. The SMILES string of the molecule is COc1ccc(C)cc1NC(=O)c1cccc(C(=O)NCc2ccccc2)c1. The van der Waals surface area contributed by atoms with Crippen LogP contribution in [0, 0.1) is 6.92 Å². The smallest absolute Gasteiger partial charge is 0.255 e. The Morgan fingerprint density at radius 3 is 2.29 bits per heavy atom. The summed E-state index contributed by atoms with van der Waals surface area (Å²) < 4.78 is 5.29. The molecule has 0 aliphatic rings. The van der Waals surface area contributed by atoms with Crippen LogP contribution in [0.25, 0.3) is 0 Å². The highest BCUT2D eigenvalue weighted by atomic mass is 16.5. The van der Waals surface area contributed by atoms with Gasteiger partial charge in [0.25, 0.3) is 11.8 Å². The van der Waals surface area contributed by atoms with E-state index < -0.39 is 0 Å². The van der Waals surface area contributed by atoms with Crippen LogP contribution in [0.2, 0.25) is 0 Å². The molecule has 0 bridgehead atoms. The Balaban J connectivity index is 1.71. The number of nitrogens with one attached hydrogen (secondary N) is 2. The number of carbonyl (C=O) groups excluding carboxylic acids is 2. The van der Waals surface area contributed by atoms with Gasteiger partial charge in [0.05, 0.1) is 12.8 Å². The number of rotatable bonds is 6. The Morgan fingerprint density at radius 1 is 0.857 bits per heavy atom. The van der Waals surface area contributed by atoms with E-state index in [1.807, 2.05) is 49.4 Å². The topological polar surface area (TPSA) is 67.4 Å². The number of amides is 2. The second-order valence-electron chi connectivity index (χ2n) is 6.41. The molecule has 3 rings (SSSR count). The first kappa shape index (κ1) is 19.2. The van der Waals surface area contributed by atoms with Crippen molar-refractivity contribution in [2.45, 2.75) is 13.5 Å². The fourth-order valence-corrected chi connectivity index (χ4v) is 2.80. The first-order valence-electron chi connectivity index (χ1n) is 8.95. The number of ether oxygens (including phenoxy) is 1. The maximum absolute atomic E-state index is 12.6. The van der Waals surface area contributed by atoms with E-state index in [2.05, 4.69) is 10.6 Å². The normalized spacial score (nSPS) is 10.2. The number of aryl methyl sites for hydroxylation is 1. The lowest BCUT2D eigenvalue weighted by Crippen LogP contribution is -2.23. The average molecular weight is 374 g/mol. The molecule has 0 saturated carbocycles. The molecule has 3 aromatic carbocycles. The molecule has 0 unspecified atom stereocenters. The molecule has 2 N–H and O–H groups in total. The Bertz CT molecular complexity index is 984. The third kappa shape index (κ3) is 4.76. The zero-order chi connectivity index (χ0) is 19.9. The molecule has 142 valence electrons. The molecule has 0 atom stereocenters. The van der Waals surface area contributed by atoms with E-state index in [0.717, 1.165) is 11.1 Å². The monoisotopic (exact) mass is 374 g/mol. The summed E-state index contributed by atoms with van der Waals surface area (Å²) in [5.74, 6) is 0.0453. The van der Waals surface area contributed by atoms with Crippen LogP contribution in [-0.4, -0.2) is 18.9 Å². The number of carbonyl (C=O) groups is 2. The summed E-state index contributed by atoms with van der Waals surface area (Å²) in [5.41, 5.74) is 3.43. The van der Waals surface area contributed by atoms with Gasteiger partial charge in [-0.15, -0.1) is 0 Å². The highest BCUT2D eigenvalue weighted by Crippen LogP contribution is 2.25. The highest BCUT2D eigenvalue weighted by molar-refractivity contribution is 6.06. The molecular weight excluding hydrogens is 352 g/mol. The van der Waals surface area contributed by atoms with Crippen molar-refractivity contribution < 1.29 is 14.3 Å². The zero-order valence-electron chi connectivity index (χ0n) is 15.9. The van der Waals surface area contributed by atoms with Crippen LogP contribution in [0.4, 0.5) is 5.69 Å². The van der Waals surface area contributed by atoms with Gasteiger partial charge in [-0.1, -0.05) is 42.5 Å². The molecule has 5 heteroatoms. The summed E-state index contributed by atoms with van der Waals surface area (Å²) >= 11 is 0. The summed E-state index contributed by atoms with van der Waals surface area (Å²) in [5, 5.41) is 5.71. The molecule has 28 heavy (non-hydrogen) atoms. The molecule has 0 heterocycles. The Labute approximate surface area is 164 Å². The van der Waals surface area contributed by atoms with Crippen molar-refractivity contribution >= 4 is 17.5 Å². The van der Waals surface area contributed by atoms with Crippen molar-refractivity contribution in [1.29, 1.82) is 0 Å². The molecule has 0 saturated heterocycles. The van der Waals surface area contributed by atoms with Crippen LogP contribution in [0.3, 0.4) is 0 Å². The summed E-state index contributed by atoms with van der Waals surface area (Å²) in [7, 11) is 1.55. The number of methoxy groups -OCH3 is 1. The van der Waals surface area contributed by atoms with Crippen molar-refractivity contribution in [2.75, 3.05) is 12.4 Å². The van der Waals surface area contributed by atoms with E-state index in [1.165, 1.54) is 0 Å². The van der Waals surface area contributed by atoms with Crippen LogP contribution >= 0.6 is 0 Å². The van der Waals surface area contributed by atoms with E-state index in [1.54, 1.807) is 37.4 Å². The molecule has 0 radical (unpaired) electrons.